The topological polar surface area (TPSA) is 0 Å². The van der Waals surface area contributed by atoms with Crippen molar-refractivity contribution in [1.29, 1.82) is 0 Å². The summed E-state index contributed by atoms with van der Waals surface area (Å²) in [6.45, 7) is 14.2. The van der Waals surface area contributed by atoms with Gasteiger partial charge in [-0.1, -0.05) is 0 Å². The van der Waals surface area contributed by atoms with Crippen LogP contribution in [-0.4, -0.2) is 0 Å². The zero-order valence-corrected chi connectivity index (χ0v) is 16.2. The van der Waals surface area contributed by atoms with Crippen LogP contribution in [0.1, 0.15) is 80.1 Å². The molecule has 0 nitrogen and oxygen atoms in total. The summed E-state index contributed by atoms with van der Waals surface area (Å²) in [5.74, 6) is 2.72. The van der Waals surface area contributed by atoms with Crippen molar-refractivity contribution in [3.05, 3.63) is 0 Å². The molecule has 0 rings (SSSR count). The fourth-order valence-corrected chi connectivity index (χ4v) is 7.13. The molecule has 0 aliphatic heterocycles. The van der Waals surface area contributed by atoms with E-state index in [4.69, 9.17) is 0 Å². The van der Waals surface area contributed by atoms with Crippen molar-refractivity contribution in [2.24, 2.45) is 17.8 Å². The standard InChI is InChI=1S/3C6H13.Ti/c3*1-4-5-6(2)3;/h3*6H,1,4-5H2,2-3H3;. The zero-order valence-electron chi connectivity index (χ0n) is 14.6. The summed E-state index contributed by atoms with van der Waals surface area (Å²) in [6, 6.07) is 0. The van der Waals surface area contributed by atoms with Crippen LogP contribution < -0.4 is 0 Å². The minimum atomic E-state index is -0.695. The molecule has 19 heavy (non-hydrogen) atoms. The van der Waals surface area contributed by atoms with Crippen molar-refractivity contribution < 1.29 is 17.9 Å². The molecule has 0 bridgehead atoms. The molecule has 0 atom stereocenters. The van der Waals surface area contributed by atoms with Gasteiger partial charge in [-0.2, -0.15) is 0 Å². The van der Waals surface area contributed by atoms with Crippen molar-refractivity contribution in [2.75, 3.05) is 0 Å². The fraction of sp³-hybridized carbons (Fsp3) is 1.00. The second-order valence-electron chi connectivity index (χ2n) is 7.61. The number of hydrogen-bond acceptors (Lipinski definition) is 0. The van der Waals surface area contributed by atoms with Crippen molar-refractivity contribution in [1.82, 2.24) is 0 Å². The van der Waals surface area contributed by atoms with E-state index in [1.54, 1.807) is 14.2 Å². The normalized spacial score (nSPS) is 11.8. The third kappa shape index (κ3) is 14.9. The van der Waals surface area contributed by atoms with E-state index < -0.39 is 17.9 Å². The van der Waals surface area contributed by atoms with E-state index in [-0.39, 0.29) is 0 Å². The molecule has 0 aromatic carbocycles. The molecule has 0 heterocycles. The van der Waals surface area contributed by atoms with Gasteiger partial charge in [-0.3, -0.25) is 0 Å². The van der Waals surface area contributed by atoms with Gasteiger partial charge in [-0.05, 0) is 0 Å². The van der Waals surface area contributed by atoms with Gasteiger partial charge in [0.2, 0.25) is 0 Å². The molecular formula is C18H39Ti. The molecule has 115 valence electrons. The van der Waals surface area contributed by atoms with Crippen LogP contribution in [0.3, 0.4) is 0 Å². The Kier molecular flexibility index (Phi) is 12.9. The summed E-state index contributed by atoms with van der Waals surface area (Å²) in [5.41, 5.74) is 0. The summed E-state index contributed by atoms with van der Waals surface area (Å²) < 4.78 is 4.94. The van der Waals surface area contributed by atoms with Gasteiger partial charge in [0.1, 0.15) is 0 Å². The first-order valence-electron chi connectivity index (χ1n) is 8.75. The summed E-state index contributed by atoms with van der Waals surface area (Å²) in [7, 11) is 0. The van der Waals surface area contributed by atoms with Crippen LogP contribution in [-0.2, 0) is 17.9 Å². The van der Waals surface area contributed by atoms with Crippen LogP contribution in [0.2, 0.25) is 14.2 Å². The Labute approximate surface area is 130 Å². The Morgan fingerprint density at radius 2 is 0.789 bits per heavy atom. The molecule has 0 spiro atoms. The molecule has 0 aromatic rings. The quantitative estimate of drug-likeness (QED) is 0.335. The Morgan fingerprint density at radius 3 is 1.00 bits per heavy atom. The van der Waals surface area contributed by atoms with E-state index in [2.05, 4.69) is 41.5 Å². The molecule has 0 saturated heterocycles. The Balaban J connectivity index is 3.85. The summed E-state index contributed by atoms with van der Waals surface area (Å²) >= 11 is -0.695. The van der Waals surface area contributed by atoms with E-state index >= 15 is 0 Å². The van der Waals surface area contributed by atoms with Gasteiger partial charge >= 0.3 is 130 Å². The molecule has 0 saturated carbocycles. The average molecular weight is 303 g/mol. The molecular weight excluding hydrogens is 264 g/mol. The molecule has 0 amide bonds. The molecule has 0 unspecified atom stereocenters. The second kappa shape index (κ2) is 12.5. The monoisotopic (exact) mass is 303 g/mol. The molecule has 0 aliphatic rings. The molecule has 0 aromatic heterocycles. The third-order valence-electron chi connectivity index (χ3n) is 3.94. The van der Waals surface area contributed by atoms with Crippen LogP contribution in [0.15, 0.2) is 0 Å². The first-order chi connectivity index (χ1) is 8.91. The Hall–Kier alpha value is 0.714. The van der Waals surface area contributed by atoms with Crippen molar-refractivity contribution in [3.63, 3.8) is 0 Å². The Bertz CT molecular complexity index is 151. The fourth-order valence-electron chi connectivity index (χ4n) is 2.66. The molecule has 0 radical (unpaired) electrons. The van der Waals surface area contributed by atoms with E-state index in [1.807, 2.05) is 0 Å². The first kappa shape index (κ1) is 19.7. The average Bonchev–Trinajstić information content (AvgIpc) is 2.26. The van der Waals surface area contributed by atoms with Gasteiger partial charge in [0.15, 0.2) is 0 Å². The minimum absolute atomic E-state index is 0.695. The predicted molar refractivity (Wildman–Crippen MR) is 86.6 cm³/mol. The third-order valence-corrected chi connectivity index (χ3v) is 8.90. The zero-order chi connectivity index (χ0) is 14.7. The van der Waals surface area contributed by atoms with E-state index in [1.165, 1.54) is 38.5 Å². The van der Waals surface area contributed by atoms with Gasteiger partial charge in [0.25, 0.3) is 0 Å². The van der Waals surface area contributed by atoms with Gasteiger partial charge in [-0.25, -0.2) is 0 Å². The van der Waals surface area contributed by atoms with Gasteiger partial charge in [0.05, 0.1) is 0 Å². The number of rotatable bonds is 12. The Morgan fingerprint density at radius 1 is 0.526 bits per heavy atom. The van der Waals surface area contributed by atoms with E-state index in [9.17, 15) is 0 Å². The van der Waals surface area contributed by atoms with Crippen LogP contribution in [0.5, 0.6) is 0 Å². The van der Waals surface area contributed by atoms with E-state index in [0.29, 0.717) is 0 Å². The van der Waals surface area contributed by atoms with Crippen LogP contribution in [0, 0.1) is 17.8 Å². The summed E-state index contributed by atoms with van der Waals surface area (Å²) in [4.78, 5) is 0. The molecule has 0 fully saturated rings. The van der Waals surface area contributed by atoms with Gasteiger partial charge in [0, 0.05) is 0 Å². The van der Waals surface area contributed by atoms with Crippen molar-refractivity contribution in [2.45, 2.75) is 94.2 Å². The maximum atomic E-state index is 2.37. The number of hydrogen-bond donors (Lipinski definition) is 0. The molecule has 0 N–H and O–H groups in total. The van der Waals surface area contributed by atoms with Crippen LogP contribution in [0.4, 0.5) is 0 Å². The molecule has 1 heteroatoms. The van der Waals surface area contributed by atoms with Gasteiger partial charge in [-0.15, -0.1) is 0 Å². The summed E-state index contributed by atoms with van der Waals surface area (Å²) in [5, 5.41) is 0. The van der Waals surface area contributed by atoms with E-state index in [0.717, 1.165) is 17.8 Å². The van der Waals surface area contributed by atoms with Crippen LogP contribution in [0.25, 0.3) is 0 Å². The van der Waals surface area contributed by atoms with Crippen molar-refractivity contribution >= 4 is 0 Å². The predicted octanol–water partition coefficient (Wildman–Crippen LogP) is 7.17. The SMILES string of the molecule is CC(C)CC[CH2][Ti]([CH2]CCC(C)C)[CH2]CCC(C)C. The first-order valence-corrected chi connectivity index (χ1v) is 12.1. The van der Waals surface area contributed by atoms with Gasteiger partial charge < -0.3 is 0 Å². The maximum absolute atomic E-state index is 2.37. The van der Waals surface area contributed by atoms with Crippen LogP contribution >= 0.6 is 0 Å². The molecule has 0 aliphatic carbocycles. The summed E-state index contributed by atoms with van der Waals surface area (Å²) in [6.07, 6.45) is 8.96. The van der Waals surface area contributed by atoms with Crippen molar-refractivity contribution in [3.8, 4) is 0 Å². The second-order valence-corrected chi connectivity index (χ2v) is 12.3.